The van der Waals surface area contributed by atoms with E-state index in [0.29, 0.717) is 18.0 Å². The van der Waals surface area contributed by atoms with Crippen LogP contribution in [-0.2, 0) is 11.2 Å². The summed E-state index contributed by atoms with van der Waals surface area (Å²) in [5, 5.41) is 0. The van der Waals surface area contributed by atoms with E-state index in [1.165, 1.54) is 6.07 Å². The molecular formula is C17H27FN2O. The fourth-order valence-electron chi connectivity index (χ4n) is 2.25. The van der Waals surface area contributed by atoms with Gasteiger partial charge in [-0.1, -0.05) is 32.0 Å². The Bertz CT molecular complexity index is 446. The molecule has 1 aromatic carbocycles. The highest BCUT2D eigenvalue weighted by Gasteiger charge is 2.14. The normalized spacial score (nSPS) is 11.6. The van der Waals surface area contributed by atoms with Gasteiger partial charge in [0, 0.05) is 26.1 Å². The average Bonchev–Trinajstić information content (AvgIpc) is 2.38. The van der Waals surface area contributed by atoms with Gasteiger partial charge < -0.3 is 4.90 Å². The molecule has 0 saturated carbocycles. The summed E-state index contributed by atoms with van der Waals surface area (Å²) < 4.78 is 13.6. The van der Waals surface area contributed by atoms with Gasteiger partial charge in [0.2, 0.25) is 0 Å². The Kier molecular flexibility index (Phi) is 7.54. The Morgan fingerprint density at radius 1 is 1.19 bits per heavy atom. The minimum Gasteiger partial charge on any atom is -0.308 e. The fourth-order valence-corrected chi connectivity index (χ4v) is 2.25. The Balaban J connectivity index is 2.56. The highest BCUT2D eigenvalue weighted by molar-refractivity contribution is 5.82. The monoisotopic (exact) mass is 294 g/mol. The zero-order valence-corrected chi connectivity index (χ0v) is 13.6. The van der Waals surface area contributed by atoms with Crippen molar-refractivity contribution in [2.45, 2.75) is 20.3 Å². The van der Waals surface area contributed by atoms with Crippen LogP contribution in [0, 0.1) is 11.7 Å². The predicted molar refractivity (Wildman–Crippen MR) is 84.9 cm³/mol. The first kappa shape index (κ1) is 17.8. The summed E-state index contributed by atoms with van der Waals surface area (Å²) in [6, 6.07) is 6.50. The second-order valence-electron chi connectivity index (χ2n) is 6.24. The minimum atomic E-state index is -0.297. The van der Waals surface area contributed by atoms with Crippen LogP contribution in [0.3, 0.4) is 0 Å². The van der Waals surface area contributed by atoms with Gasteiger partial charge in [-0.25, -0.2) is 4.39 Å². The van der Waals surface area contributed by atoms with Gasteiger partial charge in [0.25, 0.3) is 0 Å². The Morgan fingerprint density at radius 3 is 2.43 bits per heavy atom. The van der Waals surface area contributed by atoms with E-state index in [1.807, 2.05) is 14.1 Å². The highest BCUT2D eigenvalue weighted by Crippen LogP contribution is 2.08. The van der Waals surface area contributed by atoms with Crippen molar-refractivity contribution >= 4 is 5.78 Å². The van der Waals surface area contributed by atoms with Gasteiger partial charge in [-0.2, -0.15) is 0 Å². The molecule has 1 aromatic rings. The molecule has 4 heteroatoms. The molecule has 0 saturated heterocycles. The van der Waals surface area contributed by atoms with Crippen LogP contribution in [0.15, 0.2) is 24.3 Å². The maximum atomic E-state index is 13.6. The van der Waals surface area contributed by atoms with Crippen LogP contribution in [0.1, 0.15) is 19.4 Å². The van der Waals surface area contributed by atoms with Gasteiger partial charge in [0.1, 0.15) is 5.82 Å². The van der Waals surface area contributed by atoms with Crippen molar-refractivity contribution in [2.24, 2.45) is 5.92 Å². The van der Waals surface area contributed by atoms with Crippen molar-refractivity contribution < 1.29 is 9.18 Å². The second kappa shape index (κ2) is 8.90. The zero-order chi connectivity index (χ0) is 15.8. The molecule has 0 bridgehead atoms. The van der Waals surface area contributed by atoms with E-state index < -0.39 is 0 Å². The summed E-state index contributed by atoms with van der Waals surface area (Å²) in [7, 11) is 4.05. The molecule has 0 atom stereocenters. The predicted octanol–water partition coefficient (Wildman–Crippen LogP) is 2.46. The molecule has 0 amide bonds. The lowest BCUT2D eigenvalue weighted by Gasteiger charge is -2.25. The molecule has 0 aromatic heterocycles. The van der Waals surface area contributed by atoms with Crippen LogP contribution in [-0.4, -0.2) is 55.9 Å². The largest absolute Gasteiger partial charge is 0.308 e. The van der Waals surface area contributed by atoms with Crippen molar-refractivity contribution in [1.82, 2.24) is 9.80 Å². The molecule has 0 aliphatic heterocycles. The Labute approximate surface area is 127 Å². The standard InChI is InChI=1S/C17H27FN2O/c1-14(2)12-20(10-9-19(3)4)13-16(21)11-15-7-5-6-8-17(15)18/h5-8,14H,9-13H2,1-4H3. The van der Waals surface area contributed by atoms with Crippen molar-refractivity contribution in [3.8, 4) is 0 Å². The smallest absolute Gasteiger partial charge is 0.151 e. The lowest BCUT2D eigenvalue weighted by atomic mass is 10.1. The number of likely N-dealkylation sites (N-methyl/N-ethyl adjacent to an activating group) is 1. The summed E-state index contributed by atoms with van der Waals surface area (Å²) in [4.78, 5) is 16.4. The van der Waals surface area contributed by atoms with Gasteiger partial charge in [0.05, 0.1) is 6.54 Å². The van der Waals surface area contributed by atoms with Crippen molar-refractivity contribution in [3.63, 3.8) is 0 Å². The molecule has 0 fully saturated rings. The maximum Gasteiger partial charge on any atom is 0.151 e. The molecule has 0 aliphatic rings. The van der Waals surface area contributed by atoms with Crippen LogP contribution in [0.5, 0.6) is 0 Å². The van der Waals surface area contributed by atoms with E-state index in [9.17, 15) is 9.18 Å². The Hall–Kier alpha value is -1.26. The summed E-state index contributed by atoms with van der Waals surface area (Å²) in [5.41, 5.74) is 0.486. The fraction of sp³-hybridized carbons (Fsp3) is 0.588. The number of rotatable bonds is 9. The molecule has 0 radical (unpaired) electrons. The van der Waals surface area contributed by atoms with Crippen molar-refractivity contribution in [3.05, 3.63) is 35.6 Å². The molecule has 21 heavy (non-hydrogen) atoms. The zero-order valence-electron chi connectivity index (χ0n) is 13.6. The molecule has 0 unspecified atom stereocenters. The SMILES string of the molecule is CC(C)CN(CCN(C)C)CC(=O)Cc1ccccc1F. The summed E-state index contributed by atoms with van der Waals surface area (Å²) >= 11 is 0. The van der Waals surface area contributed by atoms with Gasteiger partial charge in [-0.15, -0.1) is 0 Å². The number of benzene rings is 1. The van der Waals surface area contributed by atoms with Crippen LogP contribution >= 0.6 is 0 Å². The Morgan fingerprint density at radius 2 is 1.86 bits per heavy atom. The first-order chi connectivity index (χ1) is 9.88. The number of Topliss-reactive ketones (excluding diaryl/α,β-unsaturated/α-hetero) is 1. The molecular weight excluding hydrogens is 267 g/mol. The number of hydrogen-bond acceptors (Lipinski definition) is 3. The first-order valence-electron chi connectivity index (χ1n) is 7.50. The van der Waals surface area contributed by atoms with Crippen molar-refractivity contribution in [1.29, 1.82) is 0 Å². The number of hydrogen-bond donors (Lipinski definition) is 0. The van der Waals surface area contributed by atoms with Crippen LogP contribution in [0.2, 0.25) is 0 Å². The first-order valence-corrected chi connectivity index (χ1v) is 7.50. The number of ketones is 1. The van der Waals surface area contributed by atoms with Gasteiger partial charge in [0.15, 0.2) is 5.78 Å². The molecule has 3 nitrogen and oxygen atoms in total. The summed E-state index contributed by atoms with van der Waals surface area (Å²) in [6.07, 6.45) is 0.170. The van der Waals surface area contributed by atoms with Crippen LogP contribution < -0.4 is 0 Å². The molecule has 0 spiro atoms. The van der Waals surface area contributed by atoms with Gasteiger partial charge in [-0.05, 0) is 31.6 Å². The van der Waals surface area contributed by atoms with Crippen molar-refractivity contribution in [2.75, 3.05) is 40.3 Å². The van der Waals surface area contributed by atoms with E-state index in [-0.39, 0.29) is 18.0 Å². The van der Waals surface area contributed by atoms with E-state index >= 15 is 0 Å². The number of carbonyl (C=O) groups excluding carboxylic acids is 1. The topological polar surface area (TPSA) is 23.6 Å². The molecule has 0 heterocycles. The third-order valence-electron chi connectivity index (χ3n) is 3.23. The minimum absolute atomic E-state index is 0.0690. The summed E-state index contributed by atoms with van der Waals surface area (Å²) in [5.74, 6) is 0.280. The van der Waals surface area contributed by atoms with Gasteiger partial charge >= 0.3 is 0 Å². The lowest BCUT2D eigenvalue weighted by molar-refractivity contribution is -0.119. The van der Waals surface area contributed by atoms with E-state index in [4.69, 9.17) is 0 Å². The van der Waals surface area contributed by atoms with Crippen LogP contribution in [0.4, 0.5) is 4.39 Å². The lowest BCUT2D eigenvalue weighted by Crippen LogP contribution is -2.38. The average molecular weight is 294 g/mol. The number of halogens is 1. The third kappa shape index (κ3) is 7.34. The third-order valence-corrected chi connectivity index (χ3v) is 3.23. The van der Waals surface area contributed by atoms with E-state index in [0.717, 1.165) is 19.6 Å². The molecule has 1 rings (SSSR count). The summed E-state index contributed by atoms with van der Waals surface area (Å²) in [6.45, 7) is 7.33. The van der Waals surface area contributed by atoms with Crippen LogP contribution in [0.25, 0.3) is 0 Å². The number of nitrogens with zero attached hydrogens (tertiary/aromatic N) is 2. The molecule has 118 valence electrons. The molecule has 0 aliphatic carbocycles. The number of carbonyl (C=O) groups is 1. The van der Waals surface area contributed by atoms with E-state index in [1.54, 1.807) is 18.2 Å². The quantitative estimate of drug-likeness (QED) is 0.699. The second-order valence-corrected chi connectivity index (χ2v) is 6.24. The maximum absolute atomic E-state index is 13.6. The van der Waals surface area contributed by atoms with Gasteiger partial charge in [-0.3, -0.25) is 9.69 Å². The van der Waals surface area contributed by atoms with E-state index in [2.05, 4.69) is 23.6 Å². The highest BCUT2D eigenvalue weighted by atomic mass is 19.1. The molecule has 0 N–H and O–H groups in total.